The smallest absolute Gasteiger partial charge is 0.303 e. The van der Waals surface area contributed by atoms with Gasteiger partial charge in [0.05, 0.1) is 0 Å². The van der Waals surface area contributed by atoms with Crippen LogP contribution in [0.5, 0.6) is 0 Å². The predicted molar refractivity (Wildman–Crippen MR) is 79.4 cm³/mol. The van der Waals surface area contributed by atoms with Crippen molar-refractivity contribution in [1.82, 2.24) is 4.90 Å². The van der Waals surface area contributed by atoms with E-state index in [1.807, 2.05) is 0 Å². The third-order valence-electron chi connectivity index (χ3n) is 3.53. The molecule has 3 N–H and O–H groups in total. The van der Waals surface area contributed by atoms with E-state index in [9.17, 15) is 9.59 Å². The fourth-order valence-corrected chi connectivity index (χ4v) is 3.02. The third-order valence-corrected chi connectivity index (χ3v) is 3.99. The number of hydrogen-bond donors (Lipinski definition) is 2. The van der Waals surface area contributed by atoms with Crippen molar-refractivity contribution < 1.29 is 14.7 Å². The number of carboxylic acids is 1. The molecule has 1 amide bonds. The highest BCUT2D eigenvalue weighted by Gasteiger charge is 2.25. The Kier molecular flexibility index (Phi) is 4.65. The van der Waals surface area contributed by atoms with Crippen molar-refractivity contribution in [1.29, 1.82) is 0 Å². The van der Waals surface area contributed by atoms with E-state index in [2.05, 4.69) is 15.9 Å². The lowest BCUT2D eigenvalue weighted by Crippen LogP contribution is -2.38. The van der Waals surface area contributed by atoms with Crippen LogP contribution in [0.2, 0.25) is 0 Å². The standard InChI is InChI=1S/C14H17BrN2O3/c15-11-6-10(7-12(16)8-11)14(20)17-3-1-9(2-4-17)5-13(18)19/h6-9H,1-5,16H2,(H,18,19). The molecule has 1 aliphatic heterocycles. The summed E-state index contributed by atoms with van der Waals surface area (Å²) in [5.41, 5.74) is 6.85. The first-order chi connectivity index (χ1) is 9.45. The van der Waals surface area contributed by atoms with E-state index in [0.717, 1.165) is 17.3 Å². The maximum Gasteiger partial charge on any atom is 0.303 e. The number of rotatable bonds is 3. The molecule has 0 atom stereocenters. The Bertz CT molecular complexity index is 505. The van der Waals surface area contributed by atoms with Crippen LogP contribution in [0, 0.1) is 5.92 Å². The zero-order valence-electron chi connectivity index (χ0n) is 11.0. The van der Waals surface area contributed by atoms with Crippen LogP contribution in [0.1, 0.15) is 29.6 Å². The molecule has 0 saturated carbocycles. The van der Waals surface area contributed by atoms with Crippen molar-refractivity contribution in [3.8, 4) is 0 Å². The Hall–Kier alpha value is -1.56. The number of halogens is 1. The van der Waals surface area contributed by atoms with Crippen molar-refractivity contribution in [2.45, 2.75) is 19.3 Å². The Labute approximate surface area is 125 Å². The van der Waals surface area contributed by atoms with Crippen LogP contribution in [0.15, 0.2) is 22.7 Å². The third kappa shape index (κ3) is 3.72. The van der Waals surface area contributed by atoms with Crippen LogP contribution >= 0.6 is 15.9 Å². The lowest BCUT2D eigenvalue weighted by molar-refractivity contribution is -0.138. The summed E-state index contributed by atoms with van der Waals surface area (Å²) in [6, 6.07) is 5.16. The number of piperidine rings is 1. The van der Waals surface area contributed by atoms with Gasteiger partial charge in [-0.25, -0.2) is 0 Å². The van der Waals surface area contributed by atoms with Crippen molar-refractivity contribution in [2.75, 3.05) is 18.8 Å². The van der Waals surface area contributed by atoms with Crippen LogP contribution in [0.4, 0.5) is 5.69 Å². The number of hydrogen-bond acceptors (Lipinski definition) is 3. The van der Waals surface area contributed by atoms with Gasteiger partial charge in [0, 0.05) is 35.2 Å². The van der Waals surface area contributed by atoms with Gasteiger partial charge in [0.1, 0.15) is 0 Å². The van der Waals surface area contributed by atoms with Crippen molar-refractivity contribution in [2.24, 2.45) is 5.92 Å². The van der Waals surface area contributed by atoms with Gasteiger partial charge in [-0.15, -0.1) is 0 Å². The summed E-state index contributed by atoms with van der Waals surface area (Å²) in [6.07, 6.45) is 1.66. The van der Waals surface area contributed by atoms with Gasteiger partial charge >= 0.3 is 5.97 Å². The van der Waals surface area contributed by atoms with E-state index in [0.29, 0.717) is 24.3 Å². The van der Waals surface area contributed by atoms with E-state index in [-0.39, 0.29) is 18.2 Å². The molecule has 1 saturated heterocycles. The molecule has 0 aromatic heterocycles. The number of benzene rings is 1. The Morgan fingerprint density at radius 3 is 2.50 bits per heavy atom. The topological polar surface area (TPSA) is 83.6 Å². The zero-order chi connectivity index (χ0) is 14.7. The highest BCUT2D eigenvalue weighted by molar-refractivity contribution is 9.10. The van der Waals surface area contributed by atoms with Crippen LogP contribution in [0.3, 0.4) is 0 Å². The quantitative estimate of drug-likeness (QED) is 0.827. The summed E-state index contributed by atoms with van der Waals surface area (Å²) >= 11 is 3.33. The molecule has 1 aromatic carbocycles. The molecule has 1 fully saturated rings. The first kappa shape index (κ1) is 14.8. The van der Waals surface area contributed by atoms with Gasteiger partial charge in [0.15, 0.2) is 0 Å². The number of likely N-dealkylation sites (tertiary alicyclic amines) is 1. The highest BCUT2D eigenvalue weighted by atomic mass is 79.9. The van der Waals surface area contributed by atoms with Crippen LogP contribution in [0.25, 0.3) is 0 Å². The van der Waals surface area contributed by atoms with Gasteiger partial charge in [-0.05, 0) is 37.0 Å². The summed E-state index contributed by atoms with van der Waals surface area (Å²) in [5.74, 6) is -0.648. The van der Waals surface area contributed by atoms with Gasteiger partial charge in [-0.1, -0.05) is 15.9 Å². The molecule has 1 heterocycles. The van der Waals surface area contributed by atoms with Crippen LogP contribution < -0.4 is 5.73 Å². The molecule has 2 rings (SSSR count). The number of aliphatic carboxylic acids is 1. The van der Waals surface area contributed by atoms with Gasteiger partial charge in [0.25, 0.3) is 5.91 Å². The molecule has 0 aliphatic carbocycles. The molecule has 20 heavy (non-hydrogen) atoms. The Morgan fingerprint density at radius 1 is 1.30 bits per heavy atom. The van der Waals surface area contributed by atoms with E-state index in [4.69, 9.17) is 10.8 Å². The fraction of sp³-hybridized carbons (Fsp3) is 0.429. The normalized spacial score (nSPS) is 16.1. The molecular formula is C14H17BrN2O3. The average Bonchev–Trinajstić information content (AvgIpc) is 2.37. The maximum atomic E-state index is 12.4. The number of nitrogens with two attached hydrogens (primary N) is 1. The minimum Gasteiger partial charge on any atom is -0.481 e. The van der Waals surface area contributed by atoms with E-state index in [1.54, 1.807) is 23.1 Å². The first-order valence-electron chi connectivity index (χ1n) is 6.53. The molecular weight excluding hydrogens is 324 g/mol. The van der Waals surface area contributed by atoms with Gasteiger partial charge in [-0.3, -0.25) is 9.59 Å². The zero-order valence-corrected chi connectivity index (χ0v) is 12.6. The molecule has 1 aliphatic rings. The van der Waals surface area contributed by atoms with Crippen molar-refractivity contribution in [3.63, 3.8) is 0 Å². The molecule has 0 bridgehead atoms. The number of carbonyl (C=O) groups is 2. The fourth-order valence-electron chi connectivity index (χ4n) is 2.51. The molecule has 108 valence electrons. The molecule has 0 radical (unpaired) electrons. The summed E-state index contributed by atoms with van der Waals surface area (Å²) in [7, 11) is 0. The number of nitrogens with zero attached hydrogens (tertiary/aromatic N) is 1. The van der Waals surface area contributed by atoms with Crippen LogP contribution in [-0.2, 0) is 4.79 Å². The number of carboxylic acid groups (broad SMARTS) is 1. The molecule has 6 heteroatoms. The maximum absolute atomic E-state index is 12.4. The number of carbonyl (C=O) groups excluding carboxylic acids is 1. The molecule has 1 aromatic rings. The lowest BCUT2D eigenvalue weighted by atomic mass is 9.93. The van der Waals surface area contributed by atoms with E-state index in [1.165, 1.54) is 0 Å². The molecule has 0 spiro atoms. The second-order valence-electron chi connectivity index (χ2n) is 5.11. The summed E-state index contributed by atoms with van der Waals surface area (Å²) in [6.45, 7) is 1.20. The first-order valence-corrected chi connectivity index (χ1v) is 7.32. The average molecular weight is 341 g/mol. The van der Waals surface area contributed by atoms with Gasteiger partial charge in [-0.2, -0.15) is 0 Å². The Morgan fingerprint density at radius 2 is 1.95 bits per heavy atom. The number of anilines is 1. The monoisotopic (exact) mass is 340 g/mol. The second-order valence-corrected chi connectivity index (χ2v) is 6.02. The summed E-state index contributed by atoms with van der Waals surface area (Å²) < 4.78 is 0.779. The van der Waals surface area contributed by atoms with Gasteiger partial charge in [0.2, 0.25) is 0 Å². The Balaban J connectivity index is 1.99. The number of nitrogen functional groups attached to an aromatic ring is 1. The minimum atomic E-state index is -0.769. The van der Waals surface area contributed by atoms with Crippen molar-refractivity contribution in [3.05, 3.63) is 28.2 Å². The predicted octanol–water partition coefficient (Wildman–Crippen LogP) is 2.36. The molecule has 5 nitrogen and oxygen atoms in total. The van der Waals surface area contributed by atoms with E-state index < -0.39 is 5.97 Å². The lowest BCUT2D eigenvalue weighted by Gasteiger charge is -2.31. The minimum absolute atomic E-state index is 0.0493. The van der Waals surface area contributed by atoms with Crippen molar-refractivity contribution >= 4 is 33.5 Å². The SMILES string of the molecule is Nc1cc(Br)cc(C(=O)N2CCC(CC(=O)O)CC2)c1. The van der Waals surface area contributed by atoms with Crippen LogP contribution in [-0.4, -0.2) is 35.0 Å². The summed E-state index contributed by atoms with van der Waals surface area (Å²) in [4.78, 5) is 24.8. The second kappa shape index (κ2) is 6.26. The van der Waals surface area contributed by atoms with Gasteiger partial charge < -0.3 is 15.7 Å². The number of amides is 1. The van der Waals surface area contributed by atoms with E-state index >= 15 is 0 Å². The molecule has 0 unspecified atom stereocenters. The summed E-state index contributed by atoms with van der Waals surface area (Å²) in [5, 5.41) is 8.78. The largest absolute Gasteiger partial charge is 0.481 e. The highest BCUT2D eigenvalue weighted by Crippen LogP contribution is 2.23.